The number of fused-ring (bicyclic) bond motifs is 1. The van der Waals surface area contributed by atoms with E-state index in [2.05, 4.69) is 20.8 Å². The molecule has 1 N–H and O–H groups in total. The molecule has 0 saturated heterocycles. The monoisotopic (exact) mass is 302 g/mol. The lowest BCUT2D eigenvalue weighted by Gasteiger charge is -2.04. The summed E-state index contributed by atoms with van der Waals surface area (Å²) in [5, 5.41) is 14.1. The van der Waals surface area contributed by atoms with Crippen LogP contribution in [0.1, 0.15) is 36.0 Å². The molecule has 8 nitrogen and oxygen atoms in total. The van der Waals surface area contributed by atoms with E-state index >= 15 is 0 Å². The van der Waals surface area contributed by atoms with Crippen molar-refractivity contribution >= 4 is 22.6 Å². The van der Waals surface area contributed by atoms with E-state index in [0.717, 1.165) is 0 Å². The topological polar surface area (TPSA) is 103 Å². The number of ether oxygens (including phenoxy) is 1. The van der Waals surface area contributed by atoms with Gasteiger partial charge in [-0.3, -0.25) is 4.79 Å². The van der Waals surface area contributed by atoms with Gasteiger partial charge in [0.2, 0.25) is 5.76 Å². The number of hydrogen-bond acceptors (Lipinski definition) is 7. The Morgan fingerprint density at radius 3 is 2.68 bits per heavy atom. The van der Waals surface area contributed by atoms with Crippen molar-refractivity contribution in [3.05, 3.63) is 29.7 Å². The molecule has 0 atom stereocenters. The van der Waals surface area contributed by atoms with E-state index in [1.165, 1.54) is 7.11 Å². The summed E-state index contributed by atoms with van der Waals surface area (Å²) < 4.78 is 14.9. The third-order valence-corrected chi connectivity index (χ3v) is 3.19. The summed E-state index contributed by atoms with van der Waals surface area (Å²) in [6.45, 7) is 3.93. The molecule has 2 heterocycles. The summed E-state index contributed by atoms with van der Waals surface area (Å²) in [7, 11) is 1.52. The predicted molar refractivity (Wildman–Crippen MR) is 76.9 cm³/mol. The minimum Gasteiger partial charge on any atom is -0.494 e. The van der Waals surface area contributed by atoms with Gasteiger partial charge in [-0.1, -0.05) is 19.0 Å². The third-order valence-electron chi connectivity index (χ3n) is 3.19. The van der Waals surface area contributed by atoms with Gasteiger partial charge in [0.1, 0.15) is 0 Å². The molecule has 2 aromatic heterocycles. The second kappa shape index (κ2) is 5.47. The lowest BCUT2D eigenvalue weighted by Crippen LogP contribution is -2.11. The van der Waals surface area contributed by atoms with Crippen LogP contribution in [0.25, 0.3) is 11.0 Å². The molecule has 0 aliphatic rings. The van der Waals surface area contributed by atoms with E-state index in [9.17, 15) is 4.79 Å². The first-order chi connectivity index (χ1) is 10.6. The molecule has 114 valence electrons. The maximum Gasteiger partial charge on any atom is 0.294 e. The molecule has 0 saturated carbocycles. The van der Waals surface area contributed by atoms with Crippen LogP contribution in [-0.4, -0.2) is 28.5 Å². The van der Waals surface area contributed by atoms with Crippen LogP contribution in [0.4, 0.5) is 5.69 Å². The Kier molecular flexibility index (Phi) is 3.50. The minimum absolute atomic E-state index is 0.129. The highest BCUT2D eigenvalue weighted by Crippen LogP contribution is 2.29. The number of anilines is 1. The molecule has 0 radical (unpaired) electrons. The SMILES string of the molecule is COc1ccc(NC(=O)c2cc(C(C)C)no2)c2nonc12. The van der Waals surface area contributed by atoms with Crippen molar-refractivity contribution in [2.45, 2.75) is 19.8 Å². The van der Waals surface area contributed by atoms with Crippen LogP contribution in [0.3, 0.4) is 0 Å². The number of aromatic nitrogens is 3. The van der Waals surface area contributed by atoms with Crippen LogP contribution < -0.4 is 10.1 Å². The van der Waals surface area contributed by atoms with Crippen molar-refractivity contribution in [2.75, 3.05) is 12.4 Å². The van der Waals surface area contributed by atoms with E-state index in [1.807, 2.05) is 13.8 Å². The maximum atomic E-state index is 12.2. The number of carbonyl (C=O) groups excluding carboxylic acids is 1. The molecule has 3 aromatic rings. The van der Waals surface area contributed by atoms with Crippen LogP contribution in [0.5, 0.6) is 5.75 Å². The number of carbonyl (C=O) groups is 1. The fraction of sp³-hybridized carbons (Fsp3) is 0.286. The largest absolute Gasteiger partial charge is 0.494 e. The van der Waals surface area contributed by atoms with Crippen LogP contribution in [0, 0.1) is 0 Å². The molecule has 0 aliphatic carbocycles. The first-order valence-corrected chi connectivity index (χ1v) is 6.67. The molecular weight excluding hydrogens is 288 g/mol. The molecule has 3 rings (SSSR count). The van der Waals surface area contributed by atoms with E-state index in [-0.39, 0.29) is 11.7 Å². The quantitative estimate of drug-likeness (QED) is 0.789. The van der Waals surface area contributed by atoms with Gasteiger partial charge in [0.15, 0.2) is 16.8 Å². The van der Waals surface area contributed by atoms with Gasteiger partial charge in [-0.25, -0.2) is 4.63 Å². The summed E-state index contributed by atoms with van der Waals surface area (Å²) in [4.78, 5) is 12.2. The molecule has 0 bridgehead atoms. The Morgan fingerprint density at radius 1 is 1.23 bits per heavy atom. The summed E-state index contributed by atoms with van der Waals surface area (Å²) in [6, 6.07) is 4.94. The zero-order chi connectivity index (χ0) is 15.7. The van der Waals surface area contributed by atoms with Gasteiger partial charge in [0.25, 0.3) is 5.91 Å². The molecule has 0 aliphatic heterocycles. The molecule has 8 heteroatoms. The Balaban J connectivity index is 1.89. The highest BCUT2D eigenvalue weighted by Gasteiger charge is 2.18. The number of amides is 1. The van der Waals surface area contributed by atoms with Gasteiger partial charge < -0.3 is 14.6 Å². The first kappa shape index (κ1) is 14.1. The van der Waals surface area contributed by atoms with Crippen molar-refractivity contribution in [3.63, 3.8) is 0 Å². The molecule has 1 aromatic carbocycles. The number of benzene rings is 1. The lowest BCUT2D eigenvalue weighted by molar-refractivity contribution is 0.0988. The molecule has 0 unspecified atom stereocenters. The third kappa shape index (κ3) is 2.39. The Morgan fingerprint density at radius 2 is 2.00 bits per heavy atom. The van der Waals surface area contributed by atoms with Gasteiger partial charge in [-0.15, -0.1) is 0 Å². The summed E-state index contributed by atoms with van der Waals surface area (Å²) in [5.74, 6) is 0.395. The van der Waals surface area contributed by atoms with Crippen molar-refractivity contribution in [2.24, 2.45) is 0 Å². The number of methoxy groups -OCH3 is 1. The van der Waals surface area contributed by atoms with E-state index in [0.29, 0.717) is 28.2 Å². The fourth-order valence-electron chi connectivity index (χ4n) is 1.96. The molecule has 22 heavy (non-hydrogen) atoms. The molecule has 0 fully saturated rings. The van der Waals surface area contributed by atoms with Crippen LogP contribution in [0.15, 0.2) is 27.4 Å². The normalized spacial score (nSPS) is 11.1. The van der Waals surface area contributed by atoms with Gasteiger partial charge >= 0.3 is 0 Å². The van der Waals surface area contributed by atoms with Crippen molar-refractivity contribution in [1.82, 2.24) is 15.5 Å². The predicted octanol–water partition coefficient (Wildman–Crippen LogP) is 2.60. The van der Waals surface area contributed by atoms with Crippen molar-refractivity contribution in [1.29, 1.82) is 0 Å². The van der Waals surface area contributed by atoms with Crippen molar-refractivity contribution in [3.8, 4) is 5.75 Å². The van der Waals surface area contributed by atoms with Crippen LogP contribution in [0.2, 0.25) is 0 Å². The molecule has 0 spiro atoms. The number of rotatable bonds is 4. The molecular formula is C14H14N4O4. The van der Waals surface area contributed by atoms with E-state index < -0.39 is 5.91 Å². The second-order valence-corrected chi connectivity index (χ2v) is 5.00. The number of hydrogen-bond donors (Lipinski definition) is 1. The fourth-order valence-corrected chi connectivity index (χ4v) is 1.96. The average molecular weight is 302 g/mol. The zero-order valence-electron chi connectivity index (χ0n) is 12.3. The Hall–Kier alpha value is -2.90. The summed E-state index contributed by atoms with van der Waals surface area (Å²) in [6.07, 6.45) is 0. The first-order valence-electron chi connectivity index (χ1n) is 6.67. The zero-order valence-corrected chi connectivity index (χ0v) is 12.3. The lowest BCUT2D eigenvalue weighted by atomic mass is 10.1. The van der Waals surface area contributed by atoms with E-state index in [4.69, 9.17) is 13.9 Å². The Bertz CT molecular complexity index is 821. The number of nitrogens with zero attached hydrogens (tertiary/aromatic N) is 3. The van der Waals surface area contributed by atoms with E-state index in [1.54, 1.807) is 18.2 Å². The van der Waals surface area contributed by atoms with Gasteiger partial charge in [0.05, 0.1) is 18.5 Å². The second-order valence-electron chi connectivity index (χ2n) is 5.00. The van der Waals surface area contributed by atoms with Gasteiger partial charge in [-0.2, -0.15) is 0 Å². The van der Waals surface area contributed by atoms with Crippen LogP contribution >= 0.6 is 0 Å². The summed E-state index contributed by atoms with van der Waals surface area (Å²) in [5.41, 5.74) is 2.00. The van der Waals surface area contributed by atoms with Gasteiger partial charge in [-0.05, 0) is 28.4 Å². The summed E-state index contributed by atoms with van der Waals surface area (Å²) >= 11 is 0. The maximum absolute atomic E-state index is 12.2. The number of nitrogens with one attached hydrogen (secondary N) is 1. The molecule has 1 amide bonds. The van der Waals surface area contributed by atoms with Crippen molar-refractivity contribution < 1.29 is 18.7 Å². The highest BCUT2D eigenvalue weighted by molar-refractivity contribution is 6.07. The average Bonchev–Trinajstić information content (AvgIpc) is 3.17. The smallest absolute Gasteiger partial charge is 0.294 e. The van der Waals surface area contributed by atoms with Gasteiger partial charge in [0, 0.05) is 6.07 Å². The highest BCUT2D eigenvalue weighted by atomic mass is 16.6. The minimum atomic E-state index is -0.422. The standard InChI is InChI=1S/C14H14N4O4/c1-7(2)9-6-11(21-16-9)14(19)15-8-4-5-10(20-3)13-12(8)17-22-18-13/h4-7H,1-3H3,(H,15,19). The van der Waals surface area contributed by atoms with Crippen LogP contribution in [-0.2, 0) is 0 Å². The Labute approximate surface area is 125 Å².